The first-order valence-electron chi connectivity index (χ1n) is 13.7. The van der Waals surface area contributed by atoms with Crippen LogP contribution < -0.4 is 15.4 Å². The zero-order chi connectivity index (χ0) is 27.9. The van der Waals surface area contributed by atoms with Gasteiger partial charge in [0, 0.05) is 30.8 Å². The number of carbonyl (C=O) groups is 2. The summed E-state index contributed by atoms with van der Waals surface area (Å²) in [6, 6.07) is 12.9. The van der Waals surface area contributed by atoms with Gasteiger partial charge in [0.1, 0.15) is 5.75 Å². The van der Waals surface area contributed by atoms with E-state index in [1.807, 2.05) is 30.3 Å². The number of nitrogens with one attached hydrogen (secondary N) is 2. The molecule has 2 amide bonds. The van der Waals surface area contributed by atoms with Crippen LogP contribution in [0.15, 0.2) is 54.6 Å². The fourth-order valence-corrected chi connectivity index (χ4v) is 4.93. The molecule has 1 fully saturated rings. The maximum atomic E-state index is 12.2. The number of halogens is 2. The summed E-state index contributed by atoms with van der Waals surface area (Å²) in [5.41, 5.74) is 1.73. The Morgan fingerprint density at radius 3 is 2.38 bits per heavy atom. The average molecular weight is 573 g/mol. The molecule has 0 aromatic heterocycles. The van der Waals surface area contributed by atoms with Gasteiger partial charge < -0.3 is 20.3 Å². The molecule has 6 nitrogen and oxygen atoms in total. The van der Waals surface area contributed by atoms with E-state index in [2.05, 4.69) is 15.5 Å². The summed E-state index contributed by atoms with van der Waals surface area (Å²) in [4.78, 5) is 26.7. The summed E-state index contributed by atoms with van der Waals surface area (Å²) in [6.45, 7) is 4.70. The zero-order valence-electron chi connectivity index (χ0n) is 22.6. The third kappa shape index (κ3) is 11.5. The van der Waals surface area contributed by atoms with E-state index >= 15 is 0 Å². The van der Waals surface area contributed by atoms with Crippen molar-refractivity contribution in [3.8, 4) is 5.75 Å². The quantitative estimate of drug-likeness (QED) is 0.208. The molecule has 2 aromatic rings. The van der Waals surface area contributed by atoms with Crippen LogP contribution in [0.25, 0.3) is 12.2 Å². The number of benzene rings is 2. The van der Waals surface area contributed by atoms with Crippen molar-refractivity contribution in [1.29, 1.82) is 0 Å². The summed E-state index contributed by atoms with van der Waals surface area (Å²) >= 11 is 11.9. The van der Waals surface area contributed by atoms with E-state index in [-0.39, 0.29) is 11.8 Å². The number of nitrogens with zero attached hydrogens (tertiary/aromatic N) is 1. The summed E-state index contributed by atoms with van der Waals surface area (Å²) in [6.07, 6.45) is 13.2. The van der Waals surface area contributed by atoms with E-state index in [0.29, 0.717) is 29.1 Å². The minimum atomic E-state index is -0.105. The monoisotopic (exact) mass is 571 g/mol. The van der Waals surface area contributed by atoms with Crippen LogP contribution in [0, 0.1) is 5.92 Å². The number of piperidine rings is 1. The van der Waals surface area contributed by atoms with Gasteiger partial charge >= 0.3 is 0 Å². The van der Waals surface area contributed by atoms with Crippen LogP contribution in [-0.4, -0.2) is 56.5 Å². The molecule has 0 atom stereocenters. The second-order valence-electron chi connectivity index (χ2n) is 9.80. The summed E-state index contributed by atoms with van der Waals surface area (Å²) in [7, 11) is 1.63. The highest BCUT2D eigenvalue weighted by atomic mass is 35.5. The number of carbonyl (C=O) groups excluding carboxylic acids is 2. The van der Waals surface area contributed by atoms with E-state index in [4.69, 9.17) is 27.9 Å². The molecule has 1 aliphatic heterocycles. The fraction of sp³-hybridized carbons (Fsp3) is 0.419. The van der Waals surface area contributed by atoms with Gasteiger partial charge in [-0.25, -0.2) is 0 Å². The van der Waals surface area contributed by atoms with Gasteiger partial charge in [-0.2, -0.15) is 0 Å². The van der Waals surface area contributed by atoms with E-state index in [0.717, 1.165) is 62.2 Å². The van der Waals surface area contributed by atoms with E-state index in [1.54, 1.807) is 37.5 Å². The van der Waals surface area contributed by atoms with Crippen molar-refractivity contribution >= 4 is 47.2 Å². The molecule has 0 radical (unpaired) electrons. The van der Waals surface area contributed by atoms with Gasteiger partial charge in [-0.15, -0.1) is 0 Å². The summed E-state index contributed by atoms with van der Waals surface area (Å²) in [5.74, 6) is 1.24. The lowest BCUT2D eigenvalue weighted by Crippen LogP contribution is -2.35. The molecule has 0 spiro atoms. The highest BCUT2D eigenvalue weighted by Gasteiger charge is 2.18. The molecular weight excluding hydrogens is 533 g/mol. The number of hydrogen-bond donors (Lipinski definition) is 2. The van der Waals surface area contributed by atoms with Crippen LogP contribution in [0.3, 0.4) is 0 Å². The van der Waals surface area contributed by atoms with Gasteiger partial charge in [-0.1, -0.05) is 53.9 Å². The minimum absolute atomic E-state index is 0.0722. The Balaban J connectivity index is 1.19. The largest absolute Gasteiger partial charge is 0.496 e. The Hall–Kier alpha value is -2.80. The zero-order valence-corrected chi connectivity index (χ0v) is 24.1. The molecule has 0 saturated carbocycles. The molecule has 210 valence electrons. The molecule has 39 heavy (non-hydrogen) atoms. The molecule has 0 unspecified atom stereocenters. The van der Waals surface area contributed by atoms with E-state index in [1.165, 1.54) is 18.9 Å². The standard InChI is InChI=1S/C31H39Cl2N3O3/c1-39-29-8-4-3-7-26(29)11-14-31(38)35-19-15-24-16-21-36(22-17-24)20-6-2-5-18-34-30(37)13-10-25-9-12-27(32)28(33)23-25/h3-4,7-14,23-24H,2,5-6,15-22H2,1H3,(H,34,37)(H,35,38)/b13-10+,14-11+. The van der Waals surface area contributed by atoms with Crippen LogP contribution in [-0.2, 0) is 9.59 Å². The van der Waals surface area contributed by atoms with Gasteiger partial charge in [0.05, 0.1) is 17.2 Å². The Morgan fingerprint density at radius 1 is 0.923 bits per heavy atom. The SMILES string of the molecule is COc1ccccc1/C=C/C(=O)NCCC1CCN(CCCCCNC(=O)/C=C/c2ccc(Cl)c(Cl)c2)CC1. The van der Waals surface area contributed by atoms with Crippen molar-refractivity contribution < 1.29 is 14.3 Å². The number of likely N-dealkylation sites (tertiary alicyclic amines) is 1. The van der Waals surface area contributed by atoms with Crippen molar-refractivity contribution in [2.24, 2.45) is 5.92 Å². The summed E-state index contributed by atoms with van der Waals surface area (Å²) < 4.78 is 5.31. The lowest BCUT2D eigenvalue weighted by molar-refractivity contribution is -0.117. The number of ether oxygens (including phenoxy) is 1. The smallest absolute Gasteiger partial charge is 0.244 e. The highest BCUT2D eigenvalue weighted by Crippen LogP contribution is 2.23. The second kappa shape index (κ2) is 17.0. The number of rotatable bonds is 14. The van der Waals surface area contributed by atoms with Crippen LogP contribution in [0.5, 0.6) is 5.75 Å². The number of hydrogen-bond acceptors (Lipinski definition) is 4. The number of methoxy groups -OCH3 is 1. The van der Waals surface area contributed by atoms with Gasteiger partial charge in [0.25, 0.3) is 0 Å². The lowest BCUT2D eigenvalue weighted by atomic mass is 9.93. The molecule has 0 aliphatic carbocycles. The predicted octanol–water partition coefficient (Wildman–Crippen LogP) is 6.23. The predicted molar refractivity (Wildman–Crippen MR) is 161 cm³/mol. The van der Waals surface area contributed by atoms with E-state index in [9.17, 15) is 9.59 Å². The van der Waals surface area contributed by atoms with Crippen LogP contribution >= 0.6 is 23.2 Å². The summed E-state index contributed by atoms with van der Waals surface area (Å²) in [5, 5.41) is 6.91. The molecule has 1 aliphatic rings. The van der Waals surface area contributed by atoms with Crippen LogP contribution in [0.1, 0.15) is 49.7 Å². The highest BCUT2D eigenvalue weighted by molar-refractivity contribution is 6.42. The third-order valence-electron chi connectivity index (χ3n) is 6.93. The molecule has 1 heterocycles. The molecule has 3 rings (SSSR count). The fourth-order valence-electron chi connectivity index (χ4n) is 4.62. The van der Waals surface area contributed by atoms with Crippen LogP contribution in [0.4, 0.5) is 0 Å². The maximum Gasteiger partial charge on any atom is 0.244 e. The molecule has 2 N–H and O–H groups in total. The van der Waals surface area contributed by atoms with Crippen molar-refractivity contribution in [2.75, 3.05) is 39.8 Å². The Kier molecular flexibility index (Phi) is 13.4. The topological polar surface area (TPSA) is 70.7 Å². The van der Waals surface area contributed by atoms with Gasteiger partial charge in [0.2, 0.25) is 11.8 Å². The van der Waals surface area contributed by atoms with Crippen LogP contribution in [0.2, 0.25) is 10.0 Å². The third-order valence-corrected chi connectivity index (χ3v) is 7.67. The maximum absolute atomic E-state index is 12.2. The van der Waals surface area contributed by atoms with Gasteiger partial charge in [-0.05, 0) is 93.6 Å². The van der Waals surface area contributed by atoms with Gasteiger partial charge in [-0.3, -0.25) is 9.59 Å². The normalized spacial score (nSPS) is 14.6. The second-order valence-corrected chi connectivity index (χ2v) is 10.6. The Morgan fingerprint density at radius 2 is 1.64 bits per heavy atom. The molecule has 8 heteroatoms. The Bertz CT molecular complexity index is 1130. The van der Waals surface area contributed by atoms with Crippen molar-refractivity contribution in [3.63, 3.8) is 0 Å². The number of amides is 2. The number of unbranched alkanes of at least 4 members (excludes halogenated alkanes) is 2. The molecular formula is C31H39Cl2N3O3. The lowest BCUT2D eigenvalue weighted by Gasteiger charge is -2.32. The van der Waals surface area contributed by atoms with Crippen molar-refractivity contribution in [3.05, 3.63) is 75.8 Å². The molecule has 2 aromatic carbocycles. The minimum Gasteiger partial charge on any atom is -0.496 e. The first-order chi connectivity index (χ1) is 18.9. The first kappa shape index (κ1) is 30.7. The molecule has 1 saturated heterocycles. The Labute approximate surface area is 242 Å². The average Bonchev–Trinajstić information content (AvgIpc) is 2.95. The van der Waals surface area contributed by atoms with E-state index < -0.39 is 0 Å². The first-order valence-corrected chi connectivity index (χ1v) is 14.4. The molecule has 0 bridgehead atoms. The van der Waals surface area contributed by atoms with Crippen molar-refractivity contribution in [2.45, 2.75) is 38.5 Å². The van der Waals surface area contributed by atoms with Gasteiger partial charge in [0.15, 0.2) is 0 Å². The number of para-hydroxylation sites is 1. The van der Waals surface area contributed by atoms with Crippen molar-refractivity contribution in [1.82, 2.24) is 15.5 Å².